The second-order valence-electron chi connectivity index (χ2n) is 6.26. The number of anilines is 2. The van der Waals surface area contributed by atoms with Gasteiger partial charge in [0.05, 0.1) is 11.2 Å². The number of hydrogen-bond acceptors (Lipinski definition) is 4. The van der Waals surface area contributed by atoms with Crippen molar-refractivity contribution in [3.05, 3.63) is 60.4 Å². The molecule has 3 aromatic rings. The third-order valence-corrected chi connectivity index (χ3v) is 4.53. The van der Waals surface area contributed by atoms with Crippen LogP contribution in [-0.2, 0) is 0 Å². The molecule has 1 N–H and O–H groups in total. The zero-order valence-electron chi connectivity index (χ0n) is 14.0. The number of nitrogens with one attached hydrogen (secondary N) is 1. The van der Waals surface area contributed by atoms with Gasteiger partial charge in [0.1, 0.15) is 11.5 Å². The molecule has 3 heterocycles. The van der Waals surface area contributed by atoms with Crippen LogP contribution in [0.2, 0.25) is 0 Å². The predicted molar refractivity (Wildman–Crippen MR) is 100.0 cm³/mol. The summed E-state index contributed by atoms with van der Waals surface area (Å²) in [5.74, 6) is 0.667. The van der Waals surface area contributed by atoms with Crippen LogP contribution in [-0.4, -0.2) is 29.0 Å². The van der Waals surface area contributed by atoms with Crippen LogP contribution in [0.5, 0.6) is 0 Å². The van der Waals surface area contributed by atoms with Crippen LogP contribution < -0.4 is 10.2 Å². The van der Waals surface area contributed by atoms with Crippen LogP contribution >= 0.6 is 0 Å². The third-order valence-electron chi connectivity index (χ3n) is 4.53. The Hall–Kier alpha value is -2.95. The van der Waals surface area contributed by atoms with E-state index < -0.39 is 0 Å². The van der Waals surface area contributed by atoms with E-state index in [1.165, 1.54) is 19.3 Å². The summed E-state index contributed by atoms with van der Waals surface area (Å²) in [6.07, 6.45) is 5.36. The second kappa shape index (κ2) is 6.89. The van der Waals surface area contributed by atoms with E-state index in [9.17, 15) is 4.79 Å². The summed E-state index contributed by atoms with van der Waals surface area (Å²) in [5.41, 5.74) is 1.91. The minimum Gasteiger partial charge on any atom is -0.357 e. The Morgan fingerprint density at radius 3 is 2.64 bits per heavy atom. The lowest BCUT2D eigenvalue weighted by atomic mass is 10.1. The molecule has 1 aliphatic heterocycles. The maximum absolute atomic E-state index is 12.7. The number of fused-ring (bicyclic) bond motifs is 1. The molecule has 4 rings (SSSR count). The van der Waals surface area contributed by atoms with Gasteiger partial charge in [-0.15, -0.1) is 0 Å². The molecule has 0 saturated carbocycles. The van der Waals surface area contributed by atoms with Crippen molar-refractivity contribution in [3.8, 4) is 0 Å². The number of hydrogen-bond donors (Lipinski definition) is 1. The minimum atomic E-state index is -0.211. The molecule has 1 amide bonds. The molecule has 0 unspecified atom stereocenters. The molecular weight excluding hydrogens is 312 g/mol. The minimum absolute atomic E-state index is 0.211. The van der Waals surface area contributed by atoms with Gasteiger partial charge in [0, 0.05) is 24.7 Å². The highest BCUT2D eigenvalue weighted by atomic mass is 16.1. The molecule has 0 radical (unpaired) electrons. The van der Waals surface area contributed by atoms with Crippen molar-refractivity contribution in [2.45, 2.75) is 19.3 Å². The maximum Gasteiger partial charge on any atom is 0.274 e. The van der Waals surface area contributed by atoms with Gasteiger partial charge in [0.15, 0.2) is 0 Å². The number of para-hydroxylation sites is 1. The summed E-state index contributed by atoms with van der Waals surface area (Å²) in [5, 5.41) is 3.94. The van der Waals surface area contributed by atoms with E-state index in [0.717, 1.165) is 29.8 Å². The largest absolute Gasteiger partial charge is 0.357 e. The van der Waals surface area contributed by atoms with Gasteiger partial charge in [-0.05, 0) is 43.5 Å². The zero-order chi connectivity index (χ0) is 17.1. The number of rotatable bonds is 3. The molecule has 0 aliphatic carbocycles. The quantitative estimate of drug-likeness (QED) is 0.791. The summed E-state index contributed by atoms with van der Waals surface area (Å²) in [7, 11) is 0. The van der Waals surface area contributed by atoms with Crippen LogP contribution in [0.3, 0.4) is 0 Å². The lowest BCUT2D eigenvalue weighted by Crippen LogP contribution is -2.30. The molecule has 1 aromatic carbocycles. The summed E-state index contributed by atoms with van der Waals surface area (Å²) < 4.78 is 0. The van der Waals surface area contributed by atoms with Crippen molar-refractivity contribution < 1.29 is 4.79 Å². The molecule has 0 bridgehead atoms. The fourth-order valence-corrected chi connectivity index (χ4v) is 3.24. The monoisotopic (exact) mass is 332 g/mol. The van der Waals surface area contributed by atoms with Gasteiger partial charge >= 0.3 is 0 Å². The fraction of sp³-hybridized carbons (Fsp3) is 0.250. The van der Waals surface area contributed by atoms with Crippen LogP contribution in [0.4, 0.5) is 11.5 Å². The van der Waals surface area contributed by atoms with Gasteiger partial charge in [0.2, 0.25) is 0 Å². The molecule has 0 atom stereocenters. The second-order valence-corrected chi connectivity index (χ2v) is 6.26. The summed E-state index contributed by atoms with van der Waals surface area (Å²) >= 11 is 0. The average molecular weight is 332 g/mol. The Bertz CT molecular complexity index is 898. The zero-order valence-corrected chi connectivity index (χ0v) is 14.0. The Morgan fingerprint density at radius 2 is 1.76 bits per heavy atom. The van der Waals surface area contributed by atoms with E-state index in [0.29, 0.717) is 11.4 Å². The SMILES string of the molecule is O=C(Nc1cccc2cccnc12)c1cccc(N2CCCCC2)n1. The highest BCUT2D eigenvalue weighted by molar-refractivity contribution is 6.07. The normalized spacial score (nSPS) is 14.5. The third kappa shape index (κ3) is 3.31. The number of nitrogens with zero attached hydrogens (tertiary/aromatic N) is 3. The first-order chi connectivity index (χ1) is 12.3. The fourth-order valence-electron chi connectivity index (χ4n) is 3.24. The first-order valence-corrected chi connectivity index (χ1v) is 8.68. The molecule has 25 heavy (non-hydrogen) atoms. The molecule has 126 valence electrons. The van der Waals surface area contributed by atoms with Crippen molar-refractivity contribution in [1.82, 2.24) is 9.97 Å². The summed E-state index contributed by atoms with van der Waals surface area (Å²) in [4.78, 5) is 23.9. The van der Waals surface area contributed by atoms with Crippen molar-refractivity contribution in [2.24, 2.45) is 0 Å². The van der Waals surface area contributed by atoms with Gasteiger partial charge in [-0.2, -0.15) is 0 Å². The van der Waals surface area contributed by atoms with Gasteiger partial charge in [-0.1, -0.05) is 24.3 Å². The Kier molecular flexibility index (Phi) is 4.29. The van der Waals surface area contributed by atoms with Crippen molar-refractivity contribution in [2.75, 3.05) is 23.3 Å². The molecular formula is C20H20N4O. The lowest BCUT2D eigenvalue weighted by Gasteiger charge is -2.27. The Labute approximate surface area is 146 Å². The smallest absolute Gasteiger partial charge is 0.274 e. The van der Waals surface area contributed by atoms with Gasteiger partial charge < -0.3 is 10.2 Å². The first kappa shape index (κ1) is 15.6. The predicted octanol–water partition coefficient (Wildman–Crippen LogP) is 3.87. The van der Waals surface area contributed by atoms with Crippen LogP contribution in [0, 0.1) is 0 Å². The van der Waals surface area contributed by atoms with Gasteiger partial charge in [-0.25, -0.2) is 4.98 Å². The van der Waals surface area contributed by atoms with E-state index in [4.69, 9.17) is 0 Å². The number of pyridine rings is 2. The Morgan fingerprint density at radius 1 is 0.960 bits per heavy atom. The standard InChI is InChI=1S/C20H20N4O/c25-20(23-16-9-4-7-15-8-6-12-21-19(15)16)17-10-5-11-18(22-17)24-13-2-1-3-14-24/h4-12H,1-3,13-14H2,(H,23,25). The number of carbonyl (C=O) groups is 1. The van der Waals surface area contributed by atoms with Crippen molar-refractivity contribution in [1.29, 1.82) is 0 Å². The van der Waals surface area contributed by atoms with Crippen molar-refractivity contribution >= 4 is 28.3 Å². The molecule has 5 heteroatoms. The van der Waals surface area contributed by atoms with E-state index in [1.807, 2.05) is 42.5 Å². The summed E-state index contributed by atoms with van der Waals surface area (Å²) in [6, 6.07) is 15.2. The Balaban J connectivity index is 1.58. The first-order valence-electron chi connectivity index (χ1n) is 8.68. The molecule has 5 nitrogen and oxygen atoms in total. The van der Waals surface area contributed by atoms with Gasteiger partial charge in [0.25, 0.3) is 5.91 Å². The summed E-state index contributed by atoms with van der Waals surface area (Å²) in [6.45, 7) is 2.01. The number of aromatic nitrogens is 2. The molecule has 2 aromatic heterocycles. The van der Waals surface area contributed by atoms with Gasteiger partial charge in [-0.3, -0.25) is 9.78 Å². The van der Waals surface area contributed by atoms with E-state index in [-0.39, 0.29) is 5.91 Å². The van der Waals surface area contributed by atoms with E-state index in [2.05, 4.69) is 20.2 Å². The number of piperidine rings is 1. The average Bonchev–Trinajstić information content (AvgIpc) is 2.69. The lowest BCUT2D eigenvalue weighted by molar-refractivity contribution is 0.102. The van der Waals surface area contributed by atoms with Crippen LogP contribution in [0.1, 0.15) is 29.8 Å². The molecule has 1 saturated heterocycles. The molecule has 0 spiro atoms. The van der Waals surface area contributed by atoms with E-state index in [1.54, 1.807) is 12.3 Å². The number of benzene rings is 1. The number of carbonyl (C=O) groups excluding carboxylic acids is 1. The van der Waals surface area contributed by atoms with Crippen LogP contribution in [0.25, 0.3) is 10.9 Å². The highest BCUT2D eigenvalue weighted by Gasteiger charge is 2.15. The highest BCUT2D eigenvalue weighted by Crippen LogP contribution is 2.22. The molecule has 1 fully saturated rings. The topological polar surface area (TPSA) is 58.1 Å². The maximum atomic E-state index is 12.7. The number of amides is 1. The van der Waals surface area contributed by atoms with Crippen LogP contribution in [0.15, 0.2) is 54.7 Å². The van der Waals surface area contributed by atoms with E-state index >= 15 is 0 Å². The van der Waals surface area contributed by atoms with Crippen molar-refractivity contribution in [3.63, 3.8) is 0 Å². The molecule has 1 aliphatic rings.